The van der Waals surface area contributed by atoms with Gasteiger partial charge in [-0.15, -0.1) is 0 Å². The van der Waals surface area contributed by atoms with Crippen LogP contribution in [0.3, 0.4) is 0 Å². The van der Waals surface area contributed by atoms with Crippen molar-refractivity contribution in [2.75, 3.05) is 6.66 Å². The van der Waals surface area contributed by atoms with E-state index in [0.29, 0.717) is 11.8 Å². The zero-order chi connectivity index (χ0) is 13.9. The van der Waals surface area contributed by atoms with Gasteiger partial charge in [0.15, 0.2) is 0 Å². The Hall–Kier alpha value is 0.150. The third kappa shape index (κ3) is 4.58. The zero-order valence-corrected chi connectivity index (χ0v) is 13.5. The van der Waals surface area contributed by atoms with E-state index in [2.05, 4.69) is 13.8 Å². The van der Waals surface area contributed by atoms with Crippen LogP contribution in [0.2, 0.25) is 0 Å². The number of rotatable bonds is 4. The van der Waals surface area contributed by atoms with Crippen LogP contribution < -0.4 is 0 Å². The molecule has 2 rings (SSSR count). The molecular weight excluding hydrogens is 259 g/mol. The molecule has 0 spiro atoms. The van der Waals surface area contributed by atoms with Crippen molar-refractivity contribution in [2.24, 2.45) is 11.8 Å². The minimum absolute atomic E-state index is 0.128. The molecule has 4 heteroatoms. The molecule has 0 heterocycles. The molecule has 0 aromatic rings. The van der Waals surface area contributed by atoms with Crippen molar-refractivity contribution in [3.63, 3.8) is 0 Å². The quantitative estimate of drug-likeness (QED) is 0.683. The van der Waals surface area contributed by atoms with E-state index in [4.69, 9.17) is 9.05 Å². The van der Waals surface area contributed by atoms with Gasteiger partial charge in [-0.3, -0.25) is 4.57 Å². The monoisotopic (exact) mass is 288 g/mol. The Kier molecular flexibility index (Phi) is 5.51. The van der Waals surface area contributed by atoms with Gasteiger partial charge in [-0.25, -0.2) is 0 Å². The Morgan fingerprint density at radius 2 is 1.16 bits per heavy atom. The molecule has 2 saturated carbocycles. The van der Waals surface area contributed by atoms with E-state index < -0.39 is 7.60 Å². The summed E-state index contributed by atoms with van der Waals surface area (Å²) in [5.41, 5.74) is 0. The minimum Gasteiger partial charge on any atom is -0.305 e. The maximum atomic E-state index is 12.6. The summed E-state index contributed by atoms with van der Waals surface area (Å²) < 4.78 is 24.3. The average molecular weight is 288 g/mol. The molecule has 0 radical (unpaired) electrons. The highest BCUT2D eigenvalue weighted by atomic mass is 31.2. The summed E-state index contributed by atoms with van der Waals surface area (Å²) in [6.45, 7) is 6.07. The van der Waals surface area contributed by atoms with E-state index in [1.807, 2.05) is 0 Å². The molecule has 112 valence electrons. The normalized spacial score (nSPS) is 39.7. The number of hydrogen-bond acceptors (Lipinski definition) is 3. The minimum atomic E-state index is -2.90. The van der Waals surface area contributed by atoms with Crippen molar-refractivity contribution < 1.29 is 13.6 Å². The van der Waals surface area contributed by atoms with Gasteiger partial charge in [0.1, 0.15) is 0 Å². The van der Waals surface area contributed by atoms with Crippen LogP contribution in [0.25, 0.3) is 0 Å². The van der Waals surface area contributed by atoms with Gasteiger partial charge in [0.2, 0.25) is 0 Å². The Balaban J connectivity index is 1.88. The molecule has 2 aliphatic carbocycles. The van der Waals surface area contributed by atoms with Crippen molar-refractivity contribution in [1.82, 2.24) is 0 Å². The Morgan fingerprint density at radius 3 is 1.53 bits per heavy atom. The summed E-state index contributed by atoms with van der Waals surface area (Å²) in [7, 11) is -2.90. The molecule has 0 aromatic heterocycles. The van der Waals surface area contributed by atoms with Gasteiger partial charge in [-0.05, 0) is 37.5 Å². The molecule has 3 nitrogen and oxygen atoms in total. The van der Waals surface area contributed by atoms with E-state index in [1.165, 1.54) is 38.5 Å². The van der Waals surface area contributed by atoms with E-state index in [0.717, 1.165) is 12.8 Å². The van der Waals surface area contributed by atoms with Gasteiger partial charge in [0.25, 0.3) is 0 Å². The van der Waals surface area contributed by atoms with Crippen molar-refractivity contribution in [3.8, 4) is 0 Å². The van der Waals surface area contributed by atoms with Gasteiger partial charge >= 0.3 is 7.60 Å². The van der Waals surface area contributed by atoms with E-state index in [1.54, 1.807) is 6.66 Å². The van der Waals surface area contributed by atoms with Gasteiger partial charge in [0.05, 0.1) is 12.2 Å². The third-order valence-corrected chi connectivity index (χ3v) is 6.03. The molecule has 4 atom stereocenters. The predicted molar refractivity (Wildman–Crippen MR) is 78.5 cm³/mol. The maximum absolute atomic E-state index is 12.6. The molecular formula is C15H29O3P. The standard InChI is InChI=1S/C15H29O3P/c1-12-8-4-6-10-14(12)17-19(3,16)18-15-11-7-5-9-13(15)2/h12-15H,4-11H2,1-3H3. The summed E-state index contributed by atoms with van der Waals surface area (Å²) >= 11 is 0. The highest BCUT2D eigenvalue weighted by Gasteiger charge is 2.33. The predicted octanol–water partition coefficient (Wildman–Crippen LogP) is 5.00. The summed E-state index contributed by atoms with van der Waals surface area (Å²) in [6.07, 6.45) is 9.61. The lowest BCUT2D eigenvalue weighted by Gasteiger charge is -2.34. The fraction of sp³-hybridized carbons (Fsp3) is 1.00. The smallest absolute Gasteiger partial charge is 0.305 e. The van der Waals surface area contributed by atoms with Gasteiger partial charge in [-0.1, -0.05) is 39.5 Å². The molecule has 2 fully saturated rings. The van der Waals surface area contributed by atoms with Crippen LogP contribution in [0.15, 0.2) is 0 Å². The van der Waals surface area contributed by atoms with Crippen LogP contribution in [0.5, 0.6) is 0 Å². The highest BCUT2D eigenvalue weighted by molar-refractivity contribution is 7.53. The van der Waals surface area contributed by atoms with Crippen LogP contribution in [-0.4, -0.2) is 18.9 Å². The molecule has 0 saturated heterocycles. The average Bonchev–Trinajstić information content (AvgIpc) is 2.35. The van der Waals surface area contributed by atoms with Crippen molar-refractivity contribution >= 4 is 7.60 Å². The lowest BCUT2D eigenvalue weighted by Crippen LogP contribution is -2.28. The lowest BCUT2D eigenvalue weighted by atomic mass is 9.88. The van der Waals surface area contributed by atoms with Crippen molar-refractivity contribution in [1.29, 1.82) is 0 Å². The maximum Gasteiger partial charge on any atom is 0.328 e. The Morgan fingerprint density at radius 1 is 0.789 bits per heavy atom. The van der Waals surface area contributed by atoms with Gasteiger partial charge in [0, 0.05) is 6.66 Å². The largest absolute Gasteiger partial charge is 0.328 e. The molecule has 0 aliphatic heterocycles. The zero-order valence-electron chi connectivity index (χ0n) is 12.6. The van der Waals surface area contributed by atoms with Gasteiger partial charge < -0.3 is 9.05 Å². The van der Waals surface area contributed by atoms with Gasteiger partial charge in [-0.2, -0.15) is 0 Å². The molecule has 0 aromatic carbocycles. The topological polar surface area (TPSA) is 35.5 Å². The fourth-order valence-corrected chi connectivity index (χ4v) is 5.05. The van der Waals surface area contributed by atoms with E-state index >= 15 is 0 Å². The second kappa shape index (κ2) is 6.74. The third-order valence-electron chi connectivity index (χ3n) is 4.72. The molecule has 0 amide bonds. The van der Waals surface area contributed by atoms with Crippen LogP contribution >= 0.6 is 7.60 Å². The van der Waals surface area contributed by atoms with Crippen LogP contribution in [0.4, 0.5) is 0 Å². The van der Waals surface area contributed by atoms with Crippen LogP contribution in [-0.2, 0) is 13.6 Å². The number of hydrogen-bond donors (Lipinski definition) is 0. The molecule has 19 heavy (non-hydrogen) atoms. The van der Waals surface area contributed by atoms with Crippen LogP contribution in [0.1, 0.15) is 65.2 Å². The van der Waals surface area contributed by atoms with Crippen LogP contribution in [0, 0.1) is 11.8 Å². The first-order valence-corrected chi connectivity index (χ1v) is 9.91. The highest BCUT2D eigenvalue weighted by Crippen LogP contribution is 2.51. The molecule has 2 aliphatic rings. The summed E-state index contributed by atoms with van der Waals surface area (Å²) in [5, 5.41) is 0. The van der Waals surface area contributed by atoms with Crippen molar-refractivity contribution in [3.05, 3.63) is 0 Å². The fourth-order valence-electron chi connectivity index (χ4n) is 3.39. The summed E-state index contributed by atoms with van der Waals surface area (Å²) in [6, 6.07) is 0. The second-order valence-electron chi connectivity index (χ2n) is 6.58. The van der Waals surface area contributed by atoms with E-state index in [9.17, 15) is 4.57 Å². The summed E-state index contributed by atoms with van der Waals surface area (Å²) in [4.78, 5) is 0. The molecule has 0 bridgehead atoms. The molecule has 0 N–H and O–H groups in total. The Bertz CT molecular complexity index is 303. The lowest BCUT2D eigenvalue weighted by molar-refractivity contribution is 0.0405. The SMILES string of the molecule is CC1CCCCC1OP(C)(=O)OC1CCCCC1C. The first kappa shape index (κ1) is 15.5. The second-order valence-corrected chi connectivity index (χ2v) is 8.55. The van der Waals surface area contributed by atoms with Crippen molar-refractivity contribution in [2.45, 2.75) is 77.4 Å². The Labute approximate surface area is 118 Å². The molecule has 4 unspecified atom stereocenters. The van der Waals surface area contributed by atoms with E-state index in [-0.39, 0.29) is 12.2 Å². The first-order valence-electron chi connectivity index (χ1n) is 7.92. The first-order chi connectivity index (χ1) is 8.98. The summed E-state index contributed by atoms with van der Waals surface area (Å²) in [5.74, 6) is 1.02.